The maximum atomic E-state index is 4.54. The summed E-state index contributed by atoms with van der Waals surface area (Å²) in [5, 5.41) is 7.16. The van der Waals surface area contributed by atoms with E-state index in [1.807, 2.05) is 12.3 Å². The number of hydrogen-bond donors (Lipinski definition) is 2. The molecule has 1 aliphatic rings. The Morgan fingerprint density at radius 3 is 2.35 bits per heavy atom. The number of hydrogen-bond acceptors (Lipinski definition) is 3. The van der Waals surface area contributed by atoms with Gasteiger partial charge < -0.3 is 10.6 Å². The van der Waals surface area contributed by atoms with Crippen molar-refractivity contribution in [1.29, 1.82) is 0 Å². The number of nitrogens with one attached hydrogen (secondary N) is 2. The molecular weight excluding hydrogens is 329 g/mol. The zero-order chi connectivity index (χ0) is 14.3. The standard InChI is InChI=1S/C18H23N3.2ClH/c1-2-6-16(7-3-1)18(17-8-4-5-11-20-17)21-14-15-9-12-19-13-10-15;;/h1-8,11,15,18-19,21H,9-10,12-14H2;2*1H. The molecule has 0 saturated carbocycles. The highest BCUT2D eigenvalue weighted by molar-refractivity contribution is 5.85. The maximum absolute atomic E-state index is 4.54. The third kappa shape index (κ3) is 5.78. The number of rotatable bonds is 5. The van der Waals surface area contributed by atoms with Crippen molar-refractivity contribution in [2.45, 2.75) is 18.9 Å². The molecule has 2 heterocycles. The fraction of sp³-hybridized carbons (Fsp3) is 0.389. The summed E-state index contributed by atoms with van der Waals surface area (Å²) in [4.78, 5) is 4.54. The molecule has 0 bridgehead atoms. The minimum absolute atomic E-state index is 0. The van der Waals surface area contributed by atoms with E-state index >= 15 is 0 Å². The van der Waals surface area contributed by atoms with Gasteiger partial charge in [-0.3, -0.25) is 4.98 Å². The molecule has 3 nitrogen and oxygen atoms in total. The molecule has 1 aromatic heterocycles. The largest absolute Gasteiger partial charge is 0.317 e. The molecule has 2 N–H and O–H groups in total. The van der Waals surface area contributed by atoms with Crippen LogP contribution in [0.4, 0.5) is 0 Å². The SMILES string of the molecule is Cl.Cl.c1ccc(C(NCC2CCNCC2)c2ccccn2)cc1. The van der Waals surface area contributed by atoms with Crippen molar-refractivity contribution in [3.63, 3.8) is 0 Å². The first-order chi connectivity index (χ1) is 10.4. The van der Waals surface area contributed by atoms with Crippen LogP contribution in [0.15, 0.2) is 54.7 Å². The van der Waals surface area contributed by atoms with E-state index in [-0.39, 0.29) is 30.9 Å². The maximum Gasteiger partial charge on any atom is 0.0751 e. The van der Waals surface area contributed by atoms with Gasteiger partial charge in [0.05, 0.1) is 11.7 Å². The Bertz CT molecular complexity index is 491. The van der Waals surface area contributed by atoms with E-state index in [1.54, 1.807) is 0 Å². The van der Waals surface area contributed by atoms with Crippen LogP contribution in [0.1, 0.15) is 30.1 Å². The van der Waals surface area contributed by atoms with Gasteiger partial charge in [0.2, 0.25) is 0 Å². The number of aromatic nitrogens is 1. The second kappa shape index (κ2) is 10.6. The Hall–Kier alpha value is -1.13. The molecule has 3 rings (SSSR count). The topological polar surface area (TPSA) is 37.0 Å². The van der Waals surface area contributed by atoms with Gasteiger partial charge in [0, 0.05) is 6.20 Å². The molecule has 0 radical (unpaired) electrons. The van der Waals surface area contributed by atoms with Gasteiger partial charge in [0.15, 0.2) is 0 Å². The first kappa shape index (κ1) is 19.9. The smallest absolute Gasteiger partial charge is 0.0751 e. The minimum atomic E-state index is 0. The molecule has 23 heavy (non-hydrogen) atoms. The van der Waals surface area contributed by atoms with Gasteiger partial charge in [-0.15, -0.1) is 24.8 Å². The highest BCUT2D eigenvalue weighted by Crippen LogP contribution is 2.21. The fourth-order valence-electron chi connectivity index (χ4n) is 2.96. The Balaban J connectivity index is 0.00000132. The summed E-state index contributed by atoms with van der Waals surface area (Å²) in [7, 11) is 0. The number of benzene rings is 1. The molecular formula is C18H25Cl2N3. The van der Waals surface area contributed by atoms with Crippen molar-refractivity contribution in [3.05, 3.63) is 66.0 Å². The molecule has 0 aliphatic carbocycles. The van der Waals surface area contributed by atoms with Gasteiger partial charge in [-0.1, -0.05) is 36.4 Å². The van der Waals surface area contributed by atoms with E-state index in [1.165, 1.54) is 18.4 Å². The van der Waals surface area contributed by atoms with Gasteiger partial charge in [0.25, 0.3) is 0 Å². The van der Waals surface area contributed by atoms with Crippen LogP contribution in [0.25, 0.3) is 0 Å². The van der Waals surface area contributed by atoms with Crippen molar-refractivity contribution in [3.8, 4) is 0 Å². The number of piperidine rings is 1. The van der Waals surface area contributed by atoms with Crippen LogP contribution in [-0.2, 0) is 0 Å². The van der Waals surface area contributed by atoms with Gasteiger partial charge in [-0.2, -0.15) is 0 Å². The lowest BCUT2D eigenvalue weighted by Crippen LogP contribution is -2.35. The zero-order valence-corrected chi connectivity index (χ0v) is 14.8. The Morgan fingerprint density at radius 2 is 1.70 bits per heavy atom. The van der Waals surface area contributed by atoms with Crippen molar-refractivity contribution in [2.75, 3.05) is 19.6 Å². The van der Waals surface area contributed by atoms with E-state index in [2.05, 4.69) is 58.1 Å². The summed E-state index contributed by atoms with van der Waals surface area (Å²) in [6.07, 6.45) is 4.39. The van der Waals surface area contributed by atoms with Crippen LogP contribution in [0, 0.1) is 5.92 Å². The summed E-state index contributed by atoms with van der Waals surface area (Å²) in [5.41, 5.74) is 2.38. The fourth-order valence-corrected chi connectivity index (χ4v) is 2.96. The summed E-state index contributed by atoms with van der Waals surface area (Å²) in [6, 6.07) is 16.9. The van der Waals surface area contributed by atoms with Gasteiger partial charge in [-0.05, 0) is 56.1 Å². The predicted molar refractivity (Wildman–Crippen MR) is 101 cm³/mol. The Kier molecular flexibility index (Phi) is 9.19. The summed E-state index contributed by atoms with van der Waals surface area (Å²) < 4.78 is 0. The normalized spacial score (nSPS) is 16.0. The molecule has 1 atom stereocenters. The molecule has 1 unspecified atom stereocenters. The number of halogens is 2. The van der Waals surface area contributed by atoms with E-state index in [9.17, 15) is 0 Å². The molecule has 126 valence electrons. The summed E-state index contributed by atoms with van der Waals surface area (Å²) in [5.74, 6) is 0.765. The van der Waals surface area contributed by atoms with Gasteiger partial charge in [-0.25, -0.2) is 0 Å². The van der Waals surface area contributed by atoms with Gasteiger partial charge >= 0.3 is 0 Å². The second-order valence-electron chi connectivity index (χ2n) is 5.70. The molecule has 1 saturated heterocycles. The Morgan fingerprint density at radius 1 is 1.00 bits per heavy atom. The molecule has 0 spiro atoms. The number of pyridine rings is 1. The van der Waals surface area contributed by atoms with E-state index in [4.69, 9.17) is 0 Å². The molecule has 1 aliphatic heterocycles. The van der Waals surface area contributed by atoms with Crippen LogP contribution >= 0.6 is 24.8 Å². The molecule has 5 heteroatoms. The highest BCUT2D eigenvalue weighted by Gasteiger charge is 2.18. The second-order valence-corrected chi connectivity index (χ2v) is 5.70. The van der Waals surface area contributed by atoms with Crippen LogP contribution < -0.4 is 10.6 Å². The zero-order valence-electron chi connectivity index (χ0n) is 13.2. The number of nitrogens with zero attached hydrogens (tertiary/aromatic N) is 1. The predicted octanol–water partition coefficient (Wildman–Crippen LogP) is 3.60. The van der Waals surface area contributed by atoms with Crippen molar-refractivity contribution in [2.24, 2.45) is 5.92 Å². The Labute approximate surface area is 151 Å². The highest BCUT2D eigenvalue weighted by atomic mass is 35.5. The minimum Gasteiger partial charge on any atom is -0.317 e. The first-order valence-electron chi connectivity index (χ1n) is 7.83. The van der Waals surface area contributed by atoms with Crippen molar-refractivity contribution in [1.82, 2.24) is 15.6 Å². The van der Waals surface area contributed by atoms with E-state index in [0.717, 1.165) is 31.2 Å². The summed E-state index contributed by atoms with van der Waals surface area (Å²) >= 11 is 0. The lowest BCUT2D eigenvalue weighted by atomic mass is 9.96. The van der Waals surface area contributed by atoms with E-state index < -0.39 is 0 Å². The quantitative estimate of drug-likeness (QED) is 0.861. The molecule has 1 fully saturated rings. The van der Waals surface area contributed by atoms with Crippen LogP contribution in [0.2, 0.25) is 0 Å². The van der Waals surface area contributed by atoms with Crippen LogP contribution in [0.5, 0.6) is 0 Å². The van der Waals surface area contributed by atoms with Crippen LogP contribution in [-0.4, -0.2) is 24.6 Å². The average molecular weight is 354 g/mol. The lowest BCUT2D eigenvalue weighted by molar-refractivity contribution is 0.347. The van der Waals surface area contributed by atoms with Crippen molar-refractivity contribution < 1.29 is 0 Å². The lowest BCUT2D eigenvalue weighted by Gasteiger charge is -2.26. The average Bonchev–Trinajstić information content (AvgIpc) is 2.58. The monoisotopic (exact) mass is 353 g/mol. The molecule has 0 amide bonds. The van der Waals surface area contributed by atoms with Gasteiger partial charge in [0.1, 0.15) is 0 Å². The van der Waals surface area contributed by atoms with E-state index in [0.29, 0.717) is 0 Å². The first-order valence-corrected chi connectivity index (χ1v) is 7.83. The summed E-state index contributed by atoms with van der Waals surface area (Å²) in [6.45, 7) is 3.34. The third-order valence-corrected chi connectivity index (χ3v) is 4.19. The molecule has 2 aromatic rings. The van der Waals surface area contributed by atoms with Crippen LogP contribution in [0.3, 0.4) is 0 Å². The third-order valence-electron chi connectivity index (χ3n) is 4.19. The van der Waals surface area contributed by atoms with Crippen molar-refractivity contribution >= 4 is 24.8 Å². The molecule has 1 aromatic carbocycles.